The maximum atomic E-state index is 12.6. The van der Waals surface area contributed by atoms with Crippen molar-refractivity contribution >= 4 is 17.2 Å². The van der Waals surface area contributed by atoms with Crippen LogP contribution in [0.15, 0.2) is 40.9 Å². The predicted octanol–water partition coefficient (Wildman–Crippen LogP) is 3.52. The first-order valence-electron chi connectivity index (χ1n) is 8.31. The van der Waals surface area contributed by atoms with Crippen LogP contribution in [-0.2, 0) is 0 Å². The monoisotopic (exact) mass is 354 g/mol. The molecule has 0 bridgehead atoms. The molecule has 0 radical (unpaired) electrons. The molecule has 1 amide bonds. The summed E-state index contributed by atoms with van der Waals surface area (Å²) in [5.41, 5.74) is 0.475. The molecule has 3 aromatic rings. The van der Waals surface area contributed by atoms with Crippen molar-refractivity contribution in [3.8, 4) is 10.8 Å². The predicted molar refractivity (Wildman–Crippen MR) is 94.5 cm³/mol. The second-order valence-electron chi connectivity index (χ2n) is 6.16. The van der Waals surface area contributed by atoms with Crippen molar-refractivity contribution < 1.29 is 9.21 Å². The minimum atomic E-state index is -0.0427. The van der Waals surface area contributed by atoms with Crippen LogP contribution in [0.3, 0.4) is 0 Å². The highest BCUT2D eigenvalue weighted by molar-refractivity contribution is 7.15. The number of hydrogen-bond donors (Lipinski definition) is 0. The van der Waals surface area contributed by atoms with Crippen LogP contribution in [0.1, 0.15) is 40.0 Å². The molecule has 1 fully saturated rings. The van der Waals surface area contributed by atoms with Gasteiger partial charge < -0.3 is 9.32 Å². The van der Waals surface area contributed by atoms with Crippen LogP contribution in [0.4, 0.5) is 0 Å². The number of nitrogens with zero attached hydrogens (tertiary/aromatic N) is 4. The Bertz CT molecular complexity index is 874. The summed E-state index contributed by atoms with van der Waals surface area (Å²) in [5.74, 6) is 1.20. The molecular formula is C18H18N4O2S. The quantitative estimate of drug-likeness (QED) is 0.719. The Morgan fingerprint density at radius 3 is 2.96 bits per heavy atom. The first kappa shape index (κ1) is 16.0. The third-order valence-corrected chi connectivity index (χ3v) is 5.32. The van der Waals surface area contributed by atoms with Gasteiger partial charge in [0.2, 0.25) is 5.89 Å². The van der Waals surface area contributed by atoms with Crippen LogP contribution in [0.2, 0.25) is 0 Å². The maximum Gasteiger partial charge on any atom is 0.272 e. The molecule has 0 aromatic carbocycles. The van der Waals surface area contributed by atoms with Crippen LogP contribution in [0.25, 0.3) is 10.8 Å². The topological polar surface area (TPSA) is 72.1 Å². The largest absolute Gasteiger partial charge is 0.420 e. The van der Waals surface area contributed by atoms with E-state index < -0.39 is 0 Å². The number of aryl methyl sites for hydroxylation is 1. The Kier molecular flexibility index (Phi) is 4.31. The molecule has 1 atom stereocenters. The van der Waals surface area contributed by atoms with Crippen molar-refractivity contribution in [3.63, 3.8) is 0 Å². The number of likely N-dealkylation sites (tertiary alicyclic amines) is 1. The van der Waals surface area contributed by atoms with Crippen LogP contribution in [0, 0.1) is 6.92 Å². The molecule has 0 N–H and O–H groups in total. The molecule has 1 aliphatic rings. The second kappa shape index (κ2) is 6.76. The molecule has 4 rings (SSSR count). The Morgan fingerprint density at radius 1 is 1.28 bits per heavy atom. The van der Waals surface area contributed by atoms with Crippen molar-refractivity contribution in [2.45, 2.75) is 25.7 Å². The zero-order chi connectivity index (χ0) is 17.2. The molecule has 6 nitrogen and oxygen atoms in total. The van der Waals surface area contributed by atoms with Gasteiger partial charge in [-0.3, -0.25) is 9.78 Å². The summed E-state index contributed by atoms with van der Waals surface area (Å²) in [4.78, 5) is 20.8. The van der Waals surface area contributed by atoms with Crippen molar-refractivity contribution in [2.75, 3.05) is 13.1 Å². The van der Waals surface area contributed by atoms with Crippen molar-refractivity contribution in [1.29, 1.82) is 0 Å². The van der Waals surface area contributed by atoms with Crippen molar-refractivity contribution in [1.82, 2.24) is 20.1 Å². The van der Waals surface area contributed by atoms with E-state index >= 15 is 0 Å². The van der Waals surface area contributed by atoms with Crippen LogP contribution in [0.5, 0.6) is 0 Å². The molecular weight excluding hydrogens is 336 g/mol. The van der Waals surface area contributed by atoms with E-state index in [0.29, 0.717) is 24.0 Å². The number of carbonyl (C=O) groups is 1. The Labute approximate surface area is 149 Å². The zero-order valence-corrected chi connectivity index (χ0v) is 14.7. The number of pyridine rings is 1. The number of aromatic nitrogens is 3. The van der Waals surface area contributed by atoms with E-state index in [9.17, 15) is 4.79 Å². The highest BCUT2D eigenvalue weighted by Gasteiger charge is 2.29. The minimum absolute atomic E-state index is 0.0427. The van der Waals surface area contributed by atoms with Gasteiger partial charge in [-0.15, -0.1) is 21.5 Å². The molecule has 25 heavy (non-hydrogen) atoms. The number of carbonyl (C=O) groups excluding carboxylic acids is 1. The number of hydrogen-bond acceptors (Lipinski definition) is 6. The Balaban J connectivity index is 1.50. The normalized spacial score (nSPS) is 17.6. The first-order chi connectivity index (χ1) is 12.2. The molecule has 0 spiro atoms. The summed E-state index contributed by atoms with van der Waals surface area (Å²) < 4.78 is 5.89. The fraction of sp³-hybridized carbons (Fsp3) is 0.333. The molecule has 3 aromatic heterocycles. The van der Waals surface area contributed by atoms with E-state index in [4.69, 9.17) is 4.42 Å². The third kappa shape index (κ3) is 3.32. The molecule has 7 heteroatoms. The number of piperidine rings is 1. The van der Waals surface area contributed by atoms with E-state index in [0.717, 1.165) is 24.3 Å². The molecule has 1 unspecified atom stereocenters. The summed E-state index contributed by atoms with van der Waals surface area (Å²) >= 11 is 1.63. The van der Waals surface area contributed by atoms with Gasteiger partial charge >= 0.3 is 0 Å². The summed E-state index contributed by atoms with van der Waals surface area (Å²) in [6.45, 7) is 3.37. The lowest BCUT2D eigenvalue weighted by molar-refractivity contribution is 0.0692. The van der Waals surface area contributed by atoms with Gasteiger partial charge in [-0.25, -0.2) is 0 Å². The highest BCUT2D eigenvalue weighted by Crippen LogP contribution is 2.31. The summed E-state index contributed by atoms with van der Waals surface area (Å²) in [7, 11) is 0. The van der Waals surface area contributed by atoms with Gasteiger partial charge in [-0.05, 0) is 44.0 Å². The molecule has 0 saturated carbocycles. The zero-order valence-electron chi connectivity index (χ0n) is 13.9. The van der Waals surface area contributed by atoms with Crippen LogP contribution < -0.4 is 0 Å². The fourth-order valence-electron chi connectivity index (χ4n) is 3.06. The first-order valence-corrected chi connectivity index (χ1v) is 9.13. The van der Waals surface area contributed by atoms with Gasteiger partial charge in [0.1, 0.15) is 5.69 Å². The van der Waals surface area contributed by atoms with Gasteiger partial charge in [0.15, 0.2) is 0 Å². The Hall–Kier alpha value is -2.54. The molecule has 1 aliphatic heterocycles. The summed E-state index contributed by atoms with van der Waals surface area (Å²) in [6.07, 6.45) is 3.50. The second-order valence-corrected chi connectivity index (χ2v) is 7.45. The average molecular weight is 354 g/mol. The fourth-order valence-corrected chi connectivity index (χ4v) is 3.85. The Morgan fingerprint density at radius 2 is 2.20 bits per heavy atom. The lowest BCUT2D eigenvalue weighted by Crippen LogP contribution is -2.39. The van der Waals surface area contributed by atoms with Gasteiger partial charge in [0.05, 0.1) is 10.8 Å². The van der Waals surface area contributed by atoms with E-state index in [1.807, 2.05) is 36.1 Å². The average Bonchev–Trinajstić information content (AvgIpc) is 3.31. The van der Waals surface area contributed by atoms with E-state index in [2.05, 4.69) is 15.2 Å². The number of amides is 1. The molecule has 4 heterocycles. The lowest BCUT2D eigenvalue weighted by atomic mass is 9.98. The van der Waals surface area contributed by atoms with Crippen LogP contribution >= 0.6 is 11.3 Å². The van der Waals surface area contributed by atoms with Gasteiger partial charge in [0, 0.05) is 24.2 Å². The molecule has 128 valence electrons. The van der Waals surface area contributed by atoms with Gasteiger partial charge in [-0.1, -0.05) is 6.07 Å². The van der Waals surface area contributed by atoms with Crippen molar-refractivity contribution in [3.05, 3.63) is 53.0 Å². The smallest absolute Gasteiger partial charge is 0.272 e. The SMILES string of the molecule is Cc1ccc(-c2nnc(C3CCCN(C(=O)c4ccccn4)C3)o2)s1. The van der Waals surface area contributed by atoms with Crippen molar-refractivity contribution in [2.24, 2.45) is 0 Å². The molecule has 0 aliphatic carbocycles. The number of thiophene rings is 1. The highest BCUT2D eigenvalue weighted by atomic mass is 32.1. The van der Waals surface area contributed by atoms with E-state index in [1.165, 1.54) is 4.88 Å². The minimum Gasteiger partial charge on any atom is -0.420 e. The van der Waals surface area contributed by atoms with Gasteiger partial charge in [-0.2, -0.15) is 0 Å². The van der Waals surface area contributed by atoms with E-state index in [-0.39, 0.29) is 11.8 Å². The number of rotatable bonds is 3. The van der Waals surface area contributed by atoms with E-state index in [1.54, 1.807) is 23.6 Å². The third-order valence-electron chi connectivity index (χ3n) is 4.33. The summed E-state index contributed by atoms with van der Waals surface area (Å²) in [6, 6.07) is 9.42. The standard InChI is InChI=1S/C18H18N4O2S/c1-12-7-8-15(25-12)17-21-20-16(24-17)13-5-4-10-22(11-13)18(23)14-6-2-3-9-19-14/h2-3,6-9,13H,4-5,10-11H2,1H3. The maximum absolute atomic E-state index is 12.6. The molecule has 1 saturated heterocycles. The van der Waals surface area contributed by atoms with Crippen LogP contribution in [-0.4, -0.2) is 39.1 Å². The lowest BCUT2D eigenvalue weighted by Gasteiger charge is -2.30. The van der Waals surface area contributed by atoms with Gasteiger partial charge in [0.25, 0.3) is 11.8 Å². The summed E-state index contributed by atoms with van der Waals surface area (Å²) in [5, 5.41) is 8.41.